The van der Waals surface area contributed by atoms with Crippen LogP contribution in [0.3, 0.4) is 0 Å². The van der Waals surface area contributed by atoms with Gasteiger partial charge in [0.1, 0.15) is 0 Å². The zero-order valence-electron chi connectivity index (χ0n) is 16.9. The van der Waals surface area contributed by atoms with Gasteiger partial charge >= 0.3 is 0 Å². The number of nitrogens with zero attached hydrogens (tertiary/aromatic N) is 4. The number of rotatable bonds is 8. The summed E-state index contributed by atoms with van der Waals surface area (Å²) >= 11 is 2.72. The number of carbonyl (C=O) groups excluding carboxylic acids is 2. The summed E-state index contributed by atoms with van der Waals surface area (Å²) in [5.41, 5.74) is 0.858. The molecule has 0 spiro atoms. The van der Waals surface area contributed by atoms with Crippen LogP contribution in [0, 0.1) is 0 Å². The Morgan fingerprint density at radius 1 is 1.23 bits per heavy atom. The van der Waals surface area contributed by atoms with E-state index in [1.165, 1.54) is 29.4 Å². The maximum atomic E-state index is 12.4. The Bertz CT molecular complexity index is 1170. The number of thioether (sulfide) groups is 1. The first-order chi connectivity index (χ1) is 15.0. The Hall–Kier alpha value is -3.18. The number of nitrogens with one attached hydrogen (secondary N) is 2. The van der Waals surface area contributed by atoms with Crippen LogP contribution in [0.15, 0.2) is 52.2 Å². The van der Waals surface area contributed by atoms with Crippen molar-refractivity contribution in [1.29, 1.82) is 0 Å². The molecule has 160 valence electrons. The van der Waals surface area contributed by atoms with Crippen molar-refractivity contribution >= 4 is 50.3 Å². The normalized spacial score (nSPS) is 12.1. The number of anilines is 1. The largest absolute Gasteiger partial charge is 0.459 e. The quantitative estimate of drug-likeness (QED) is 0.388. The van der Waals surface area contributed by atoms with Gasteiger partial charge in [0.2, 0.25) is 5.91 Å². The molecule has 0 aliphatic heterocycles. The molecule has 0 radical (unpaired) electrons. The Morgan fingerprint density at radius 2 is 2.06 bits per heavy atom. The van der Waals surface area contributed by atoms with Gasteiger partial charge < -0.3 is 19.6 Å². The zero-order valence-corrected chi connectivity index (χ0v) is 18.5. The molecular weight excluding hydrogens is 436 g/mol. The summed E-state index contributed by atoms with van der Waals surface area (Å²) in [6, 6.07) is 10.6. The summed E-state index contributed by atoms with van der Waals surface area (Å²) in [6.07, 6.45) is 1.45. The molecule has 0 aliphatic carbocycles. The van der Waals surface area contributed by atoms with Crippen molar-refractivity contribution in [3.05, 3.63) is 54.2 Å². The predicted octanol–water partition coefficient (Wildman–Crippen LogP) is 3.72. The lowest BCUT2D eigenvalue weighted by molar-refractivity contribution is -0.113. The highest BCUT2D eigenvalue weighted by Crippen LogP contribution is 2.26. The fourth-order valence-corrected chi connectivity index (χ4v) is 4.67. The lowest BCUT2D eigenvalue weighted by Gasteiger charge is -2.14. The molecular formula is C20H20N6O3S2. The van der Waals surface area contributed by atoms with Gasteiger partial charge in [0, 0.05) is 6.54 Å². The van der Waals surface area contributed by atoms with Gasteiger partial charge in [0.25, 0.3) is 5.91 Å². The van der Waals surface area contributed by atoms with Gasteiger partial charge in [0.15, 0.2) is 21.9 Å². The standard InChI is InChI=1S/C20H20N6O3S2/c1-3-26-17(12(2)21-18(28)14-8-6-10-29-14)24-25-20(26)30-11-16(27)23-19-22-13-7-4-5-9-15(13)31-19/h4-10,12H,3,11H2,1-2H3,(H,21,28)(H,22,23,27)/t12-/m0/s1. The third-order valence-corrected chi connectivity index (χ3v) is 6.33. The molecule has 2 amide bonds. The number of hydrogen-bond acceptors (Lipinski definition) is 8. The highest BCUT2D eigenvalue weighted by molar-refractivity contribution is 7.99. The van der Waals surface area contributed by atoms with E-state index in [-0.39, 0.29) is 29.4 Å². The average Bonchev–Trinajstić information content (AvgIpc) is 3.50. The summed E-state index contributed by atoms with van der Waals surface area (Å²) < 4.78 is 8.02. The van der Waals surface area contributed by atoms with Crippen LogP contribution < -0.4 is 10.6 Å². The third kappa shape index (κ3) is 4.78. The van der Waals surface area contributed by atoms with Gasteiger partial charge in [-0.3, -0.25) is 9.59 Å². The second-order valence-corrected chi connectivity index (χ2v) is 8.55. The SMILES string of the molecule is CCn1c(SCC(=O)Nc2nc3ccccc3s2)nnc1[C@H](C)NC(=O)c1ccco1. The van der Waals surface area contributed by atoms with Crippen molar-refractivity contribution in [1.82, 2.24) is 25.1 Å². The van der Waals surface area contributed by atoms with Crippen LogP contribution in [0.1, 0.15) is 36.3 Å². The summed E-state index contributed by atoms with van der Waals surface area (Å²) in [6.45, 7) is 4.38. The van der Waals surface area contributed by atoms with Gasteiger partial charge in [-0.2, -0.15) is 0 Å². The van der Waals surface area contributed by atoms with Crippen LogP contribution in [0.2, 0.25) is 0 Å². The van der Waals surface area contributed by atoms with Crippen molar-refractivity contribution in [3.63, 3.8) is 0 Å². The minimum Gasteiger partial charge on any atom is -0.459 e. The number of amides is 2. The molecule has 1 aromatic carbocycles. The lowest BCUT2D eigenvalue weighted by Crippen LogP contribution is -2.28. The van der Waals surface area contributed by atoms with E-state index in [2.05, 4.69) is 25.8 Å². The smallest absolute Gasteiger partial charge is 0.287 e. The Kier molecular flexibility index (Phi) is 6.33. The minimum absolute atomic E-state index is 0.168. The molecule has 1 atom stereocenters. The van der Waals surface area contributed by atoms with E-state index < -0.39 is 0 Å². The molecule has 31 heavy (non-hydrogen) atoms. The van der Waals surface area contributed by atoms with E-state index in [9.17, 15) is 9.59 Å². The first kappa shape index (κ1) is 21.1. The predicted molar refractivity (Wildman–Crippen MR) is 119 cm³/mol. The van der Waals surface area contributed by atoms with Gasteiger partial charge in [-0.05, 0) is 38.1 Å². The monoisotopic (exact) mass is 456 g/mol. The van der Waals surface area contributed by atoms with Gasteiger partial charge in [-0.1, -0.05) is 35.2 Å². The van der Waals surface area contributed by atoms with Crippen LogP contribution >= 0.6 is 23.1 Å². The third-order valence-electron chi connectivity index (χ3n) is 4.41. The number of thiazole rings is 1. The molecule has 3 heterocycles. The Morgan fingerprint density at radius 3 is 2.81 bits per heavy atom. The van der Waals surface area contributed by atoms with Crippen LogP contribution in [-0.2, 0) is 11.3 Å². The summed E-state index contributed by atoms with van der Waals surface area (Å²) in [5, 5.41) is 15.3. The van der Waals surface area contributed by atoms with E-state index in [1.807, 2.05) is 42.7 Å². The van der Waals surface area contributed by atoms with Gasteiger partial charge in [-0.15, -0.1) is 10.2 Å². The molecule has 0 unspecified atom stereocenters. The number of para-hydroxylation sites is 1. The minimum atomic E-state index is -0.379. The highest BCUT2D eigenvalue weighted by atomic mass is 32.2. The molecule has 0 fully saturated rings. The molecule has 0 saturated carbocycles. The number of furan rings is 1. The maximum Gasteiger partial charge on any atom is 0.287 e. The number of hydrogen-bond donors (Lipinski definition) is 2. The highest BCUT2D eigenvalue weighted by Gasteiger charge is 2.21. The maximum absolute atomic E-state index is 12.4. The zero-order chi connectivity index (χ0) is 21.8. The van der Waals surface area contributed by atoms with Gasteiger partial charge in [-0.25, -0.2) is 4.98 Å². The summed E-state index contributed by atoms with van der Waals surface area (Å²) in [5.74, 6) is 0.510. The Labute approximate surface area is 186 Å². The van der Waals surface area contributed by atoms with Crippen molar-refractivity contribution in [2.45, 2.75) is 31.6 Å². The molecule has 0 bridgehead atoms. The number of carbonyl (C=O) groups is 2. The van der Waals surface area contributed by atoms with Crippen LogP contribution in [-0.4, -0.2) is 37.3 Å². The number of fused-ring (bicyclic) bond motifs is 1. The second-order valence-electron chi connectivity index (χ2n) is 6.58. The van der Waals surface area contributed by atoms with E-state index >= 15 is 0 Å². The van der Waals surface area contributed by atoms with E-state index in [4.69, 9.17) is 4.42 Å². The molecule has 11 heteroatoms. The fourth-order valence-electron chi connectivity index (χ4n) is 2.98. The topological polar surface area (TPSA) is 115 Å². The van der Waals surface area contributed by atoms with Crippen LogP contribution in [0.25, 0.3) is 10.2 Å². The number of aromatic nitrogens is 4. The lowest BCUT2D eigenvalue weighted by atomic mass is 10.3. The Balaban J connectivity index is 1.37. The summed E-state index contributed by atoms with van der Waals surface area (Å²) in [7, 11) is 0. The first-order valence-electron chi connectivity index (χ1n) is 9.61. The first-order valence-corrected chi connectivity index (χ1v) is 11.4. The molecule has 2 N–H and O–H groups in total. The second kappa shape index (κ2) is 9.31. The van der Waals surface area contributed by atoms with Crippen LogP contribution in [0.5, 0.6) is 0 Å². The van der Waals surface area contributed by atoms with E-state index in [0.29, 0.717) is 22.7 Å². The van der Waals surface area contributed by atoms with E-state index in [1.54, 1.807) is 12.1 Å². The molecule has 9 nitrogen and oxygen atoms in total. The van der Waals surface area contributed by atoms with Gasteiger partial charge in [0.05, 0.1) is 28.3 Å². The van der Waals surface area contributed by atoms with Crippen molar-refractivity contribution in [3.8, 4) is 0 Å². The molecule has 4 rings (SSSR count). The number of benzene rings is 1. The van der Waals surface area contributed by atoms with Crippen molar-refractivity contribution in [2.24, 2.45) is 0 Å². The van der Waals surface area contributed by atoms with Crippen LogP contribution in [0.4, 0.5) is 5.13 Å². The van der Waals surface area contributed by atoms with Crippen molar-refractivity contribution < 1.29 is 14.0 Å². The fraction of sp³-hybridized carbons (Fsp3) is 0.250. The van der Waals surface area contributed by atoms with E-state index in [0.717, 1.165) is 10.2 Å². The summed E-state index contributed by atoms with van der Waals surface area (Å²) in [4.78, 5) is 29.0. The average molecular weight is 457 g/mol. The molecule has 0 saturated heterocycles. The molecule has 3 aromatic heterocycles. The molecule has 0 aliphatic rings. The van der Waals surface area contributed by atoms with Crippen molar-refractivity contribution in [2.75, 3.05) is 11.1 Å². The molecule has 4 aromatic rings.